The first-order valence-electron chi connectivity index (χ1n) is 8.36. The number of benzene rings is 2. The summed E-state index contributed by atoms with van der Waals surface area (Å²) >= 11 is 0. The molecule has 1 atom stereocenters. The highest BCUT2D eigenvalue weighted by Gasteiger charge is 2.16. The summed E-state index contributed by atoms with van der Waals surface area (Å²) in [5, 5.41) is 6.24. The fraction of sp³-hybridized carbons (Fsp3) is 0.200. The molecule has 1 aliphatic rings. The number of hydrogen-bond acceptors (Lipinski definition) is 4. The van der Waals surface area contributed by atoms with Gasteiger partial charge in [-0.1, -0.05) is 42.5 Å². The van der Waals surface area contributed by atoms with E-state index in [0.29, 0.717) is 13.0 Å². The topological polar surface area (TPSA) is 79.5 Å². The predicted octanol–water partition coefficient (Wildman–Crippen LogP) is 3.57. The zero-order valence-corrected chi connectivity index (χ0v) is 14.2. The van der Waals surface area contributed by atoms with Crippen molar-refractivity contribution in [1.29, 1.82) is 0 Å². The maximum Gasteiger partial charge on any atom is 0.226 e. The SMILES string of the molecule is C[C@@H](N=CC(=CN)c1cccc2c1NCCC(=O)N2)c1ccccc1. The summed E-state index contributed by atoms with van der Waals surface area (Å²) < 4.78 is 0. The quantitative estimate of drug-likeness (QED) is 0.748. The molecule has 2 aromatic rings. The lowest BCUT2D eigenvalue weighted by molar-refractivity contribution is -0.115. The van der Waals surface area contributed by atoms with E-state index in [4.69, 9.17) is 5.73 Å². The van der Waals surface area contributed by atoms with Gasteiger partial charge in [0.1, 0.15) is 0 Å². The number of nitrogens with two attached hydrogens (primary N) is 1. The van der Waals surface area contributed by atoms with Crippen molar-refractivity contribution < 1.29 is 4.79 Å². The summed E-state index contributed by atoms with van der Waals surface area (Å²) in [7, 11) is 0. The molecule has 5 nitrogen and oxygen atoms in total. The van der Waals surface area contributed by atoms with Crippen molar-refractivity contribution in [2.24, 2.45) is 10.7 Å². The minimum Gasteiger partial charge on any atom is -0.404 e. The average molecular weight is 334 g/mol. The van der Waals surface area contributed by atoms with E-state index in [1.54, 1.807) is 12.4 Å². The fourth-order valence-corrected chi connectivity index (χ4v) is 2.81. The first kappa shape index (κ1) is 16.8. The van der Waals surface area contributed by atoms with Crippen molar-refractivity contribution in [2.45, 2.75) is 19.4 Å². The number of nitrogens with one attached hydrogen (secondary N) is 2. The van der Waals surface area contributed by atoms with Gasteiger partial charge in [-0.25, -0.2) is 0 Å². The van der Waals surface area contributed by atoms with Crippen LogP contribution < -0.4 is 16.4 Å². The van der Waals surface area contributed by atoms with Gasteiger partial charge in [0.25, 0.3) is 0 Å². The van der Waals surface area contributed by atoms with Gasteiger partial charge in [-0.2, -0.15) is 0 Å². The summed E-state index contributed by atoms with van der Waals surface area (Å²) in [6.45, 7) is 2.63. The lowest BCUT2D eigenvalue weighted by atomic mass is 10.0. The fourth-order valence-electron chi connectivity index (χ4n) is 2.81. The number of nitrogens with zero attached hydrogens (tertiary/aromatic N) is 1. The first-order valence-corrected chi connectivity index (χ1v) is 8.36. The minimum atomic E-state index is 0.00745. The number of aliphatic imine (C=N–C) groups is 1. The van der Waals surface area contributed by atoms with Gasteiger partial charge in [0.05, 0.1) is 17.4 Å². The third-order valence-electron chi connectivity index (χ3n) is 4.20. The zero-order chi connectivity index (χ0) is 17.6. The second-order valence-corrected chi connectivity index (χ2v) is 5.94. The molecule has 1 heterocycles. The van der Waals surface area contributed by atoms with Gasteiger partial charge in [-0.05, 0) is 18.6 Å². The molecule has 0 saturated heterocycles. The van der Waals surface area contributed by atoms with Gasteiger partial charge in [0.2, 0.25) is 5.91 Å². The molecule has 0 saturated carbocycles. The van der Waals surface area contributed by atoms with E-state index >= 15 is 0 Å². The van der Waals surface area contributed by atoms with E-state index in [0.717, 1.165) is 28.1 Å². The zero-order valence-electron chi connectivity index (χ0n) is 14.2. The van der Waals surface area contributed by atoms with Crippen molar-refractivity contribution in [1.82, 2.24) is 0 Å². The number of hydrogen-bond donors (Lipinski definition) is 3. The number of fused-ring (bicyclic) bond motifs is 1. The van der Waals surface area contributed by atoms with Crippen LogP contribution in [0.4, 0.5) is 11.4 Å². The van der Waals surface area contributed by atoms with Crippen LogP contribution in [0.25, 0.3) is 5.57 Å². The van der Waals surface area contributed by atoms with E-state index in [1.165, 1.54) is 0 Å². The van der Waals surface area contributed by atoms with Crippen molar-refractivity contribution >= 4 is 29.1 Å². The molecule has 25 heavy (non-hydrogen) atoms. The van der Waals surface area contributed by atoms with E-state index in [2.05, 4.69) is 27.8 Å². The molecule has 0 aromatic heterocycles. The maximum atomic E-state index is 11.8. The van der Waals surface area contributed by atoms with Crippen LogP contribution in [0.15, 0.2) is 59.7 Å². The van der Waals surface area contributed by atoms with Crippen LogP contribution in [-0.2, 0) is 4.79 Å². The molecule has 1 aliphatic heterocycles. The van der Waals surface area contributed by atoms with Crippen molar-refractivity contribution in [3.8, 4) is 0 Å². The van der Waals surface area contributed by atoms with Crippen molar-refractivity contribution in [3.05, 3.63) is 65.9 Å². The standard InChI is InChI=1S/C20H22N4O/c1-14(15-6-3-2-4-7-15)23-13-16(12-21)17-8-5-9-18-20(17)22-11-10-19(25)24-18/h2-9,12-14,22H,10-11,21H2,1H3,(H,24,25)/t14-/m1/s1. The maximum absolute atomic E-state index is 11.8. The van der Waals surface area contributed by atoms with Gasteiger partial charge in [0, 0.05) is 36.5 Å². The Labute approximate surface area is 147 Å². The minimum absolute atomic E-state index is 0.00745. The second kappa shape index (κ2) is 7.66. The van der Waals surface area contributed by atoms with Gasteiger partial charge in [0.15, 0.2) is 0 Å². The molecular formula is C20H22N4O. The molecule has 1 amide bonds. The number of para-hydroxylation sites is 1. The Morgan fingerprint density at radius 1 is 1.20 bits per heavy atom. The van der Waals surface area contributed by atoms with Crippen LogP contribution in [0.3, 0.4) is 0 Å². The molecule has 3 rings (SSSR count). The van der Waals surface area contributed by atoms with Crippen LogP contribution in [-0.4, -0.2) is 18.7 Å². The van der Waals surface area contributed by atoms with Gasteiger partial charge in [-0.3, -0.25) is 9.79 Å². The predicted molar refractivity (Wildman–Crippen MR) is 104 cm³/mol. The molecule has 0 aliphatic carbocycles. The smallest absolute Gasteiger partial charge is 0.226 e. The van der Waals surface area contributed by atoms with Crippen LogP contribution >= 0.6 is 0 Å². The summed E-state index contributed by atoms with van der Waals surface area (Å²) in [4.78, 5) is 16.4. The number of allylic oxidation sites excluding steroid dienone is 1. The lowest BCUT2D eigenvalue weighted by Crippen LogP contribution is -2.10. The number of carbonyl (C=O) groups excluding carboxylic acids is 1. The second-order valence-electron chi connectivity index (χ2n) is 5.94. The molecule has 128 valence electrons. The number of amides is 1. The molecule has 0 radical (unpaired) electrons. The Morgan fingerprint density at radius 3 is 2.76 bits per heavy atom. The number of rotatable bonds is 4. The molecule has 0 fully saturated rings. The third-order valence-corrected chi connectivity index (χ3v) is 4.20. The Balaban J connectivity index is 1.88. The summed E-state index contributed by atoms with van der Waals surface area (Å²) in [6, 6.07) is 15.9. The van der Waals surface area contributed by atoms with Crippen molar-refractivity contribution in [2.75, 3.05) is 17.2 Å². The van der Waals surface area contributed by atoms with Crippen molar-refractivity contribution in [3.63, 3.8) is 0 Å². The molecular weight excluding hydrogens is 312 g/mol. The Bertz CT molecular complexity index is 812. The highest BCUT2D eigenvalue weighted by molar-refractivity contribution is 6.13. The van der Waals surface area contributed by atoms with E-state index in [9.17, 15) is 4.79 Å². The normalized spacial score (nSPS) is 15.9. The molecule has 0 bridgehead atoms. The summed E-state index contributed by atoms with van der Waals surface area (Å²) in [6.07, 6.45) is 3.78. The first-order chi connectivity index (χ1) is 12.2. The van der Waals surface area contributed by atoms with Crippen LogP contribution in [0.2, 0.25) is 0 Å². The molecule has 5 heteroatoms. The molecule has 2 aromatic carbocycles. The van der Waals surface area contributed by atoms with Crippen LogP contribution in [0.1, 0.15) is 30.5 Å². The summed E-state index contributed by atoms with van der Waals surface area (Å²) in [5.74, 6) is 0.00745. The van der Waals surface area contributed by atoms with Gasteiger partial charge in [-0.15, -0.1) is 0 Å². The molecule has 0 unspecified atom stereocenters. The van der Waals surface area contributed by atoms with E-state index in [1.807, 2.05) is 43.3 Å². The van der Waals surface area contributed by atoms with Crippen LogP contribution in [0.5, 0.6) is 0 Å². The van der Waals surface area contributed by atoms with Gasteiger partial charge < -0.3 is 16.4 Å². The number of carbonyl (C=O) groups is 1. The highest BCUT2D eigenvalue weighted by atomic mass is 16.1. The molecule has 4 N–H and O–H groups in total. The Kier molecular flexibility index (Phi) is 5.14. The Hall–Kier alpha value is -3.08. The third kappa shape index (κ3) is 3.88. The van der Waals surface area contributed by atoms with E-state index < -0.39 is 0 Å². The van der Waals surface area contributed by atoms with E-state index in [-0.39, 0.29) is 11.9 Å². The largest absolute Gasteiger partial charge is 0.404 e. The molecule has 0 spiro atoms. The lowest BCUT2D eigenvalue weighted by Gasteiger charge is -2.14. The Morgan fingerprint density at radius 2 is 2.00 bits per heavy atom. The highest BCUT2D eigenvalue weighted by Crippen LogP contribution is 2.32. The summed E-state index contributed by atoms with van der Waals surface area (Å²) in [5.41, 5.74) is 10.4. The monoisotopic (exact) mass is 334 g/mol. The van der Waals surface area contributed by atoms with Gasteiger partial charge >= 0.3 is 0 Å². The number of anilines is 2. The average Bonchev–Trinajstić information content (AvgIpc) is 2.83. The van der Waals surface area contributed by atoms with Crippen LogP contribution in [0, 0.1) is 0 Å².